The Kier molecular flexibility index (Phi) is 7.84. The first-order valence-corrected chi connectivity index (χ1v) is 8.55. The molecule has 0 bridgehead atoms. The van der Waals surface area contributed by atoms with Crippen LogP contribution in [0.25, 0.3) is 0 Å². The zero-order chi connectivity index (χ0) is 14.6. The lowest BCUT2D eigenvalue weighted by Crippen LogP contribution is -2.42. The highest BCUT2D eigenvalue weighted by molar-refractivity contribution is 6.42. The summed E-state index contributed by atoms with van der Waals surface area (Å²) in [7, 11) is 0. The highest BCUT2D eigenvalue weighted by Gasteiger charge is 2.35. The summed E-state index contributed by atoms with van der Waals surface area (Å²) in [5.41, 5.74) is 1.64. The number of likely N-dealkylation sites (N-methyl/N-ethyl adjacent to an activating group) is 1. The molecule has 4 heteroatoms. The van der Waals surface area contributed by atoms with Gasteiger partial charge in [0.05, 0.1) is 10.0 Å². The van der Waals surface area contributed by atoms with Crippen LogP contribution in [0.1, 0.15) is 51.5 Å². The van der Waals surface area contributed by atoms with Crippen molar-refractivity contribution < 1.29 is 0 Å². The predicted octanol–water partition coefficient (Wildman–Crippen LogP) is 5.96. The van der Waals surface area contributed by atoms with Crippen molar-refractivity contribution in [1.29, 1.82) is 0 Å². The summed E-state index contributed by atoms with van der Waals surface area (Å²) in [4.78, 5) is 2.54. The second-order valence-corrected chi connectivity index (χ2v) is 6.75. The summed E-state index contributed by atoms with van der Waals surface area (Å²) >= 11 is 12.3. The summed E-state index contributed by atoms with van der Waals surface area (Å²) in [6.45, 7) is 7.85. The third-order valence-corrected chi connectivity index (χ3v) is 5.50. The number of rotatable bonds is 5. The van der Waals surface area contributed by atoms with Crippen molar-refractivity contribution in [3.63, 3.8) is 0 Å². The van der Waals surface area contributed by atoms with Gasteiger partial charge in [-0.15, -0.1) is 12.4 Å². The van der Waals surface area contributed by atoms with Crippen LogP contribution in [0.15, 0.2) is 18.2 Å². The van der Waals surface area contributed by atoms with Gasteiger partial charge in [0.2, 0.25) is 0 Å². The van der Waals surface area contributed by atoms with Crippen LogP contribution >= 0.6 is 35.6 Å². The first-order valence-electron chi connectivity index (χ1n) is 7.79. The van der Waals surface area contributed by atoms with E-state index in [9.17, 15) is 0 Å². The van der Waals surface area contributed by atoms with Crippen LogP contribution in [0.4, 0.5) is 0 Å². The Morgan fingerprint density at radius 3 is 2.14 bits per heavy atom. The average molecular weight is 351 g/mol. The Labute approximate surface area is 145 Å². The molecule has 1 aromatic rings. The molecule has 0 N–H and O–H groups in total. The molecule has 0 aromatic heterocycles. The van der Waals surface area contributed by atoms with Crippen molar-refractivity contribution in [1.82, 2.24) is 4.90 Å². The van der Waals surface area contributed by atoms with Gasteiger partial charge in [-0.05, 0) is 43.6 Å². The van der Waals surface area contributed by atoms with Crippen LogP contribution < -0.4 is 0 Å². The van der Waals surface area contributed by atoms with Crippen LogP contribution in [0.5, 0.6) is 0 Å². The van der Waals surface area contributed by atoms with Crippen molar-refractivity contribution in [2.75, 3.05) is 19.6 Å². The van der Waals surface area contributed by atoms with E-state index in [1.807, 2.05) is 6.07 Å². The highest BCUT2D eigenvalue weighted by atomic mass is 35.5. The van der Waals surface area contributed by atoms with Gasteiger partial charge in [-0.1, -0.05) is 62.4 Å². The Bertz CT molecular complexity index is 438. The largest absolute Gasteiger partial charge is 0.303 e. The molecule has 0 saturated heterocycles. The first kappa shape index (κ1) is 19.1. The maximum Gasteiger partial charge on any atom is 0.0595 e. The summed E-state index contributed by atoms with van der Waals surface area (Å²) in [6.07, 6.45) is 6.53. The van der Waals surface area contributed by atoms with Gasteiger partial charge in [-0.3, -0.25) is 0 Å². The van der Waals surface area contributed by atoms with Gasteiger partial charge in [-0.2, -0.15) is 0 Å². The van der Waals surface area contributed by atoms with Gasteiger partial charge < -0.3 is 4.90 Å². The fourth-order valence-corrected chi connectivity index (χ4v) is 3.77. The predicted molar refractivity (Wildman–Crippen MR) is 96.3 cm³/mol. The standard InChI is InChI=1S/C17H25Cl2N.ClH/c1-3-20(4-2)13-17(10-6-5-7-11-17)14-8-9-15(18)16(19)12-14;/h8-9,12H,3-7,10-11,13H2,1-2H3;1H. The van der Waals surface area contributed by atoms with E-state index < -0.39 is 0 Å². The van der Waals surface area contributed by atoms with Crippen LogP contribution in [0, 0.1) is 0 Å². The third-order valence-electron chi connectivity index (χ3n) is 4.76. The van der Waals surface area contributed by atoms with E-state index in [1.165, 1.54) is 37.7 Å². The lowest BCUT2D eigenvalue weighted by molar-refractivity contribution is 0.179. The third kappa shape index (κ3) is 4.51. The van der Waals surface area contributed by atoms with Crippen molar-refractivity contribution in [3.8, 4) is 0 Å². The van der Waals surface area contributed by atoms with Crippen molar-refractivity contribution in [2.24, 2.45) is 0 Å². The maximum atomic E-state index is 6.25. The number of hydrogen-bond acceptors (Lipinski definition) is 1. The molecule has 1 aromatic carbocycles. The second kappa shape index (κ2) is 8.62. The molecule has 0 amide bonds. The number of benzene rings is 1. The molecule has 0 aliphatic heterocycles. The van der Waals surface area contributed by atoms with E-state index in [-0.39, 0.29) is 17.8 Å². The zero-order valence-electron chi connectivity index (χ0n) is 13.0. The molecule has 21 heavy (non-hydrogen) atoms. The van der Waals surface area contributed by atoms with Crippen molar-refractivity contribution in [2.45, 2.75) is 51.4 Å². The Morgan fingerprint density at radius 2 is 1.62 bits per heavy atom. The summed E-state index contributed by atoms with van der Waals surface area (Å²) in [5.74, 6) is 0. The number of hydrogen-bond donors (Lipinski definition) is 0. The quantitative estimate of drug-likeness (QED) is 0.633. The lowest BCUT2D eigenvalue weighted by Gasteiger charge is -2.41. The minimum Gasteiger partial charge on any atom is -0.303 e. The molecule has 1 saturated carbocycles. The molecule has 1 aliphatic carbocycles. The molecule has 0 spiro atoms. The van der Waals surface area contributed by atoms with E-state index in [0.717, 1.165) is 19.6 Å². The molecule has 1 aliphatic rings. The molecule has 2 rings (SSSR count). The van der Waals surface area contributed by atoms with Crippen LogP contribution in [0.2, 0.25) is 10.0 Å². The smallest absolute Gasteiger partial charge is 0.0595 e. The van der Waals surface area contributed by atoms with Gasteiger partial charge in [0.25, 0.3) is 0 Å². The molecule has 0 radical (unpaired) electrons. The molecule has 1 nitrogen and oxygen atoms in total. The van der Waals surface area contributed by atoms with Gasteiger partial charge in [0, 0.05) is 12.0 Å². The van der Waals surface area contributed by atoms with Crippen molar-refractivity contribution in [3.05, 3.63) is 33.8 Å². The van der Waals surface area contributed by atoms with E-state index in [1.54, 1.807) is 0 Å². The van der Waals surface area contributed by atoms with Gasteiger partial charge in [-0.25, -0.2) is 0 Å². The monoisotopic (exact) mass is 349 g/mol. The Balaban J connectivity index is 0.00000220. The molecule has 0 atom stereocenters. The second-order valence-electron chi connectivity index (χ2n) is 5.93. The molecule has 0 unspecified atom stereocenters. The zero-order valence-corrected chi connectivity index (χ0v) is 15.3. The Morgan fingerprint density at radius 1 is 1.00 bits per heavy atom. The first-order chi connectivity index (χ1) is 9.61. The molecular formula is C17H26Cl3N. The van der Waals surface area contributed by atoms with Crippen LogP contribution in [0.3, 0.4) is 0 Å². The fraction of sp³-hybridized carbons (Fsp3) is 0.647. The Hall–Kier alpha value is 0.0500. The van der Waals surface area contributed by atoms with E-state index in [2.05, 4.69) is 30.9 Å². The fourth-order valence-electron chi connectivity index (χ4n) is 3.47. The number of halogens is 3. The summed E-state index contributed by atoms with van der Waals surface area (Å²) in [5, 5.41) is 1.35. The summed E-state index contributed by atoms with van der Waals surface area (Å²) in [6, 6.07) is 6.24. The molecule has 0 heterocycles. The summed E-state index contributed by atoms with van der Waals surface area (Å²) < 4.78 is 0. The highest BCUT2D eigenvalue weighted by Crippen LogP contribution is 2.41. The van der Waals surface area contributed by atoms with Crippen molar-refractivity contribution >= 4 is 35.6 Å². The SMILES string of the molecule is CCN(CC)CC1(c2ccc(Cl)c(Cl)c2)CCCCC1.Cl. The maximum absolute atomic E-state index is 6.25. The van der Waals surface area contributed by atoms with E-state index in [4.69, 9.17) is 23.2 Å². The topological polar surface area (TPSA) is 3.24 Å². The lowest BCUT2D eigenvalue weighted by atomic mass is 9.69. The minimum absolute atomic E-state index is 0. The molecule has 120 valence electrons. The van der Waals surface area contributed by atoms with E-state index in [0.29, 0.717) is 10.0 Å². The van der Waals surface area contributed by atoms with Gasteiger partial charge >= 0.3 is 0 Å². The van der Waals surface area contributed by atoms with Crippen LogP contribution in [-0.2, 0) is 5.41 Å². The molecular weight excluding hydrogens is 325 g/mol. The van der Waals surface area contributed by atoms with Gasteiger partial charge in [0.1, 0.15) is 0 Å². The van der Waals surface area contributed by atoms with Crippen LogP contribution in [-0.4, -0.2) is 24.5 Å². The van der Waals surface area contributed by atoms with Gasteiger partial charge in [0.15, 0.2) is 0 Å². The average Bonchev–Trinajstić information content (AvgIpc) is 2.48. The molecule has 1 fully saturated rings. The number of nitrogens with zero attached hydrogens (tertiary/aromatic N) is 1. The van der Waals surface area contributed by atoms with E-state index >= 15 is 0 Å². The minimum atomic E-state index is 0. The normalized spacial score (nSPS) is 17.6.